The number of phenols is 1. The van der Waals surface area contributed by atoms with E-state index >= 15 is 0 Å². The molecule has 0 saturated heterocycles. The highest BCUT2D eigenvalue weighted by atomic mass is 16.3. The molecular weight excluding hydrogens is 304 g/mol. The summed E-state index contributed by atoms with van der Waals surface area (Å²) < 4.78 is 0. The Morgan fingerprint density at radius 3 is 2.33 bits per heavy atom. The predicted octanol–water partition coefficient (Wildman–Crippen LogP) is 2.98. The smallest absolute Gasteiger partial charge is 0.155 e. The van der Waals surface area contributed by atoms with Crippen molar-refractivity contribution in [2.75, 3.05) is 0 Å². The van der Waals surface area contributed by atoms with Crippen molar-refractivity contribution in [2.24, 2.45) is 0 Å². The number of aryl methyl sites for hydroxylation is 1. The minimum atomic E-state index is -0.0992. The zero-order chi connectivity index (χ0) is 17.4. The van der Waals surface area contributed by atoms with E-state index in [-0.39, 0.29) is 24.7 Å². The van der Waals surface area contributed by atoms with Crippen molar-refractivity contribution in [1.82, 2.24) is 0 Å². The number of hydrogen-bond donors (Lipinski definition) is 3. The number of carbonyl (C=O) groups is 1. The first kappa shape index (κ1) is 17.9. The van der Waals surface area contributed by atoms with Gasteiger partial charge in [0.05, 0.1) is 13.2 Å². The Kier molecular flexibility index (Phi) is 6.73. The minimum absolute atomic E-state index is 0.0532. The third kappa shape index (κ3) is 5.33. The van der Waals surface area contributed by atoms with Crippen LogP contribution in [-0.4, -0.2) is 21.1 Å². The summed E-state index contributed by atoms with van der Waals surface area (Å²) in [5, 5.41) is 27.7. The van der Waals surface area contributed by atoms with Crippen LogP contribution in [0.1, 0.15) is 35.1 Å². The SMILES string of the molecule is O=C(/C=C/c1ccc(O)cc1)CCCc1ccc(CO)c(CO)c1. The van der Waals surface area contributed by atoms with Gasteiger partial charge in [0.2, 0.25) is 0 Å². The first-order chi connectivity index (χ1) is 11.6. The number of ketones is 1. The Balaban J connectivity index is 1.83. The summed E-state index contributed by atoms with van der Waals surface area (Å²) in [5.74, 6) is 0.255. The van der Waals surface area contributed by atoms with Crippen molar-refractivity contribution in [2.45, 2.75) is 32.5 Å². The number of rotatable bonds is 8. The summed E-state index contributed by atoms with van der Waals surface area (Å²) in [7, 11) is 0. The topological polar surface area (TPSA) is 77.8 Å². The van der Waals surface area contributed by atoms with Gasteiger partial charge in [0.15, 0.2) is 5.78 Å². The van der Waals surface area contributed by atoms with Crippen LogP contribution in [0.25, 0.3) is 6.08 Å². The number of aromatic hydroxyl groups is 1. The first-order valence-corrected chi connectivity index (χ1v) is 7.94. The quantitative estimate of drug-likeness (QED) is 0.652. The monoisotopic (exact) mass is 326 g/mol. The molecule has 4 nitrogen and oxygen atoms in total. The Morgan fingerprint density at radius 2 is 1.67 bits per heavy atom. The number of aliphatic hydroxyl groups is 2. The van der Waals surface area contributed by atoms with E-state index in [1.165, 1.54) is 0 Å². The molecule has 126 valence electrons. The average Bonchev–Trinajstić information content (AvgIpc) is 2.61. The van der Waals surface area contributed by atoms with E-state index in [0.29, 0.717) is 6.42 Å². The fraction of sp³-hybridized carbons (Fsp3) is 0.250. The summed E-state index contributed by atoms with van der Waals surface area (Å²) in [6.07, 6.45) is 5.21. The Labute approximate surface area is 141 Å². The van der Waals surface area contributed by atoms with Gasteiger partial charge in [0.1, 0.15) is 5.75 Å². The van der Waals surface area contributed by atoms with Crippen LogP contribution in [0.5, 0.6) is 5.75 Å². The molecule has 0 amide bonds. The molecule has 3 N–H and O–H groups in total. The van der Waals surface area contributed by atoms with Crippen LogP contribution in [0.3, 0.4) is 0 Å². The number of phenolic OH excluding ortho intramolecular Hbond substituents is 1. The van der Waals surface area contributed by atoms with Crippen molar-refractivity contribution >= 4 is 11.9 Å². The number of benzene rings is 2. The molecule has 0 bridgehead atoms. The Bertz CT molecular complexity index is 702. The molecule has 0 aliphatic heterocycles. The molecule has 0 aliphatic rings. The maximum atomic E-state index is 11.9. The number of hydrogen-bond acceptors (Lipinski definition) is 4. The summed E-state index contributed by atoms with van der Waals surface area (Å²) in [6.45, 7) is -0.186. The fourth-order valence-electron chi connectivity index (χ4n) is 2.46. The molecule has 2 aromatic carbocycles. The second-order valence-electron chi connectivity index (χ2n) is 5.66. The van der Waals surface area contributed by atoms with Gasteiger partial charge in [-0.2, -0.15) is 0 Å². The van der Waals surface area contributed by atoms with Crippen molar-refractivity contribution in [3.63, 3.8) is 0 Å². The highest BCUT2D eigenvalue weighted by Crippen LogP contribution is 2.15. The van der Waals surface area contributed by atoms with E-state index in [1.807, 2.05) is 18.2 Å². The molecule has 0 fully saturated rings. The second-order valence-corrected chi connectivity index (χ2v) is 5.66. The molecule has 2 rings (SSSR count). The molecule has 2 aromatic rings. The molecule has 0 aromatic heterocycles. The van der Waals surface area contributed by atoms with Crippen molar-refractivity contribution < 1.29 is 20.1 Å². The zero-order valence-electron chi connectivity index (χ0n) is 13.5. The highest BCUT2D eigenvalue weighted by molar-refractivity contribution is 5.93. The van der Waals surface area contributed by atoms with Crippen molar-refractivity contribution in [3.05, 3.63) is 70.8 Å². The normalized spacial score (nSPS) is 11.1. The summed E-state index contributed by atoms with van der Waals surface area (Å²) in [5.41, 5.74) is 3.38. The third-order valence-electron chi connectivity index (χ3n) is 3.85. The largest absolute Gasteiger partial charge is 0.508 e. The van der Waals surface area contributed by atoms with E-state index in [2.05, 4.69) is 0 Å². The fourth-order valence-corrected chi connectivity index (χ4v) is 2.46. The number of aliphatic hydroxyl groups excluding tert-OH is 2. The molecule has 4 heteroatoms. The zero-order valence-corrected chi connectivity index (χ0v) is 13.5. The van der Waals surface area contributed by atoms with Gasteiger partial charge < -0.3 is 15.3 Å². The first-order valence-electron chi connectivity index (χ1n) is 7.94. The summed E-state index contributed by atoms with van der Waals surface area (Å²) in [6, 6.07) is 12.3. The van der Waals surface area contributed by atoms with E-state index in [0.717, 1.165) is 35.1 Å². The van der Waals surface area contributed by atoms with Crippen LogP contribution in [0.15, 0.2) is 48.5 Å². The average molecular weight is 326 g/mol. The maximum absolute atomic E-state index is 11.9. The van der Waals surface area contributed by atoms with Gasteiger partial charge in [-0.1, -0.05) is 36.4 Å². The van der Waals surface area contributed by atoms with Gasteiger partial charge >= 0.3 is 0 Å². The van der Waals surface area contributed by atoms with E-state index < -0.39 is 0 Å². The summed E-state index contributed by atoms with van der Waals surface area (Å²) in [4.78, 5) is 11.9. The minimum Gasteiger partial charge on any atom is -0.508 e. The molecule has 0 unspecified atom stereocenters. The van der Waals surface area contributed by atoms with Crippen LogP contribution >= 0.6 is 0 Å². The van der Waals surface area contributed by atoms with Gasteiger partial charge in [0.25, 0.3) is 0 Å². The van der Waals surface area contributed by atoms with Gasteiger partial charge in [0, 0.05) is 6.42 Å². The second kappa shape index (κ2) is 9.01. The van der Waals surface area contributed by atoms with Gasteiger partial charge in [-0.05, 0) is 53.3 Å². The van der Waals surface area contributed by atoms with Crippen LogP contribution in [0.4, 0.5) is 0 Å². The van der Waals surface area contributed by atoms with Gasteiger partial charge in [-0.3, -0.25) is 4.79 Å². The molecule has 0 spiro atoms. The molecule has 0 saturated carbocycles. The highest BCUT2D eigenvalue weighted by Gasteiger charge is 2.04. The van der Waals surface area contributed by atoms with E-state index in [1.54, 1.807) is 36.4 Å². The standard InChI is InChI=1S/C20H22O4/c21-13-17-8-4-16(12-18(17)14-22)2-1-3-19(23)9-5-15-6-10-20(24)11-7-15/h4-12,21-22,24H,1-3,13-14H2/b9-5+. The molecule has 0 radical (unpaired) electrons. The lowest BCUT2D eigenvalue weighted by Gasteiger charge is -2.07. The molecule has 0 aliphatic carbocycles. The maximum Gasteiger partial charge on any atom is 0.155 e. The molecule has 24 heavy (non-hydrogen) atoms. The third-order valence-corrected chi connectivity index (χ3v) is 3.85. The van der Waals surface area contributed by atoms with Crippen molar-refractivity contribution in [1.29, 1.82) is 0 Å². The number of carbonyl (C=O) groups excluding carboxylic acids is 1. The van der Waals surface area contributed by atoms with Crippen molar-refractivity contribution in [3.8, 4) is 5.75 Å². The van der Waals surface area contributed by atoms with Crippen LogP contribution in [0.2, 0.25) is 0 Å². The van der Waals surface area contributed by atoms with Crippen LogP contribution in [0, 0.1) is 0 Å². The lowest BCUT2D eigenvalue weighted by molar-refractivity contribution is -0.114. The molecule has 0 heterocycles. The lowest BCUT2D eigenvalue weighted by atomic mass is 10.0. The Morgan fingerprint density at radius 1 is 0.958 bits per heavy atom. The number of allylic oxidation sites excluding steroid dienone is 1. The van der Waals surface area contributed by atoms with E-state index in [4.69, 9.17) is 0 Å². The van der Waals surface area contributed by atoms with Crippen LogP contribution in [-0.2, 0) is 24.4 Å². The van der Waals surface area contributed by atoms with Gasteiger partial charge in [-0.15, -0.1) is 0 Å². The Hall–Kier alpha value is -2.43. The van der Waals surface area contributed by atoms with E-state index in [9.17, 15) is 20.1 Å². The lowest BCUT2D eigenvalue weighted by Crippen LogP contribution is -1.98. The predicted molar refractivity (Wildman–Crippen MR) is 93.4 cm³/mol. The molecule has 0 atom stereocenters. The molecular formula is C20H22O4. The summed E-state index contributed by atoms with van der Waals surface area (Å²) >= 11 is 0. The van der Waals surface area contributed by atoms with Crippen LogP contribution < -0.4 is 0 Å². The van der Waals surface area contributed by atoms with Gasteiger partial charge in [-0.25, -0.2) is 0 Å².